The SMILES string of the molecule is NCCCCC1=NC2(c3ccccc3Cl)CCCC(O1)C2=O. The minimum absolute atomic E-state index is 0.0504. The third-order valence-corrected chi connectivity index (χ3v) is 4.79. The Hall–Kier alpha value is -1.39. The smallest absolute Gasteiger partial charge is 0.205 e. The second kappa shape index (κ2) is 6.39. The van der Waals surface area contributed by atoms with Crippen molar-refractivity contribution in [3.63, 3.8) is 0 Å². The van der Waals surface area contributed by atoms with Crippen LogP contribution in [-0.4, -0.2) is 24.3 Å². The van der Waals surface area contributed by atoms with Gasteiger partial charge in [0.15, 0.2) is 17.5 Å². The maximum atomic E-state index is 12.8. The monoisotopic (exact) mass is 320 g/mol. The molecule has 1 aliphatic heterocycles. The molecule has 3 rings (SSSR count). The highest BCUT2D eigenvalue weighted by Crippen LogP contribution is 2.44. The first-order valence-electron chi connectivity index (χ1n) is 7.92. The van der Waals surface area contributed by atoms with E-state index in [1.807, 2.05) is 24.3 Å². The minimum atomic E-state index is -0.850. The standard InChI is InChI=1S/C17H21ClN2O2/c18-13-7-2-1-6-12(13)17-10-5-8-14(16(17)21)22-15(20-17)9-3-4-11-19/h1-2,6-7,14H,3-5,8-11,19H2. The summed E-state index contributed by atoms with van der Waals surface area (Å²) in [4.78, 5) is 17.6. The van der Waals surface area contributed by atoms with Crippen molar-refractivity contribution in [1.29, 1.82) is 0 Å². The highest BCUT2D eigenvalue weighted by molar-refractivity contribution is 6.32. The zero-order valence-electron chi connectivity index (χ0n) is 12.6. The van der Waals surface area contributed by atoms with Gasteiger partial charge >= 0.3 is 0 Å². The molecule has 2 N–H and O–H groups in total. The van der Waals surface area contributed by atoms with Gasteiger partial charge in [0.1, 0.15) is 0 Å². The van der Waals surface area contributed by atoms with Crippen molar-refractivity contribution in [3.8, 4) is 0 Å². The fourth-order valence-corrected chi connectivity index (χ4v) is 3.64. The summed E-state index contributed by atoms with van der Waals surface area (Å²) < 4.78 is 5.82. The van der Waals surface area contributed by atoms with Crippen molar-refractivity contribution in [2.75, 3.05) is 6.54 Å². The topological polar surface area (TPSA) is 64.7 Å². The molecule has 5 heteroatoms. The number of carbonyl (C=O) groups is 1. The van der Waals surface area contributed by atoms with E-state index >= 15 is 0 Å². The first-order valence-corrected chi connectivity index (χ1v) is 8.30. The lowest BCUT2D eigenvalue weighted by molar-refractivity contribution is -0.137. The number of nitrogens with zero attached hydrogens (tertiary/aromatic N) is 1. The second-order valence-corrected chi connectivity index (χ2v) is 6.36. The zero-order chi connectivity index (χ0) is 15.6. The summed E-state index contributed by atoms with van der Waals surface area (Å²) in [5, 5.41) is 0.600. The summed E-state index contributed by atoms with van der Waals surface area (Å²) in [6.45, 7) is 0.658. The molecule has 0 saturated heterocycles. The van der Waals surface area contributed by atoms with Gasteiger partial charge in [-0.25, -0.2) is 4.99 Å². The maximum Gasteiger partial charge on any atom is 0.205 e. The molecule has 1 saturated carbocycles. The van der Waals surface area contributed by atoms with Crippen molar-refractivity contribution < 1.29 is 9.53 Å². The number of rotatable bonds is 5. The number of fused-ring (bicyclic) bond motifs is 2. The van der Waals surface area contributed by atoms with Gasteiger partial charge in [0.2, 0.25) is 5.78 Å². The van der Waals surface area contributed by atoms with Crippen LogP contribution < -0.4 is 5.73 Å². The van der Waals surface area contributed by atoms with E-state index < -0.39 is 5.54 Å². The van der Waals surface area contributed by atoms with Crippen molar-refractivity contribution in [2.24, 2.45) is 10.7 Å². The van der Waals surface area contributed by atoms with Gasteiger partial charge in [-0.3, -0.25) is 4.79 Å². The molecule has 0 amide bonds. The summed E-state index contributed by atoms with van der Waals surface area (Å²) >= 11 is 6.36. The van der Waals surface area contributed by atoms with Crippen LogP contribution in [0.4, 0.5) is 0 Å². The highest BCUT2D eigenvalue weighted by atomic mass is 35.5. The van der Waals surface area contributed by atoms with E-state index in [1.54, 1.807) is 0 Å². The molecular weight excluding hydrogens is 300 g/mol. The number of hydrogen-bond acceptors (Lipinski definition) is 4. The lowest BCUT2D eigenvalue weighted by Gasteiger charge is -2.41. The van der Waals surface area contributed by atoms with E-state index in [2.05, 4.69) is 0 Å². The van der Waals surface area contributed by atoms with Crippen molar-refractivity contribution in [3.05, 3.63) is 34.9 Å². The van der Waals surface area contributed by atoms with Crippen LogP contribution in [0, 0.1) is 0 Å². The molecule has 22 heavy (non-hydrogen) atoms. The van der Waals surface area contributed by atoms with E-state index in [-0.39, 0.29) is 11.9 Å². The highest BCUT2D eigenvalue weighted by Gasteiger charge is 2.51. The molecule has 1 heterocycles. The normalized spacial score (nSPS) is 27.3. The second-order valence-electron chi connectivity index (χ2n) is 5.95. The number of nitrogens with two attached hydrogens (primary N) is 1. The Labute approximate surface area is 135 Å². The Morgan fingerprint density at radius 2 is 2.18 bits per heavy atom. The average molecular weight is 321 g/mol. The van der Waals surface area contributed by atoms with Crippen molar-refractivity contribution in [2.45, 2.75) is 50.2 Å². The Balaban J connectivity index is 1.99. The van der Waals surface area contributed by atoms with Gasteiger partial charge in [-0.2, -0.15) is 0 Å². The maximum absolute atomic E-state index is 12.8. The number of carbonyl (C=O) groups excluding carboxylic acids is 1. The quantitative estimate of drug-likeness (QED) is 0.847. The average Bonchev–Trinajstić information content (AvgIpc) is 2.49. The molecular formula is C17H21ClN2O2. The summed E-state index contributed by atoms with van der Waals surface area (Å²) in [6.07, 6.45) is 4.59. The number of ketones is 1. The van der Waals surface area contributed by atoms with Gasteiger partial charge in [0.25, 0.3) is 0 Å². The number of aliphatic imine (C=N–C) groups is 1. The third-order valence-electron chi connectivity index (χ3n) is 4.46. The van der Waals surface area contributed by atoms with Crippen LogP contribution >= 0.6 is 11.6 Å². The Morgan fingerprint density at radius 3 is 2.95 bits per heavy atom. The van der Waals surface area contributed by atoms with E-state index in [4.69, 9.17) is 27.1 Å². The molecule has 2 aliphatic rings. The largest absolute Gasteiger partial charge is 0.470 e. The van der Waals surface area contributed by atoms with Gasteiger partial charge in [-0.05, 0) is 44.7 Å². The van der Waals surface area contributed by atoms with Crippen LogP contribution in [0.15, 0.2) is 29.3 Å². The van der Waals surface area contributed by atoms with Crippen LogP contribution in [0.3, 0.4) is 0 Å². The van der Waals surface area contributed by atoms with E-state index in [1.165, 1.54) is 0 Å². The third kappa shape index (κ3) is 2.66. The van der Waals surface area contributed by atoms with Gasteiger partial charge in [-0.15, -0.1) is 0 Å². The summed E-state index contributed by atoms with van der Waals surface area (Å²) in [5.41, 5.74) is 5.50. The Bertz CT molecular complexity index is 602. The fraction of sp³-hybridized carbons (Fsp3) is 0.529. The lowest BCUT2D eigenvalue weighted by Crippen LogP contribution is -2.51. The van der Waals surface area contributed by atoms with E-state index in [9.17, 15) is 4.79 Å². The molecule has 2 atom stereocenters. The van der Waals surface area contributed by atoms with Crippen LogP contribution in [0.2, 0.25) is 5.02 Å². The first kappa shape index (κ1) is 15.5. The van der Waals surface area contributed by atoms with Gasteiger partial charge in [-0.1, -0.05) is 29.8 Å². The Kier molecular flexibility index (Phi) is 4.50. The van der Waals surface area contributed by atoms with E-state index in [0.717, 1.165) is 37.7 Å². The predicted molar refractivity (Wildman–Crippen MR) is 87.2 cm³/mol. The van der Waals surface area contributed by atoms with Crippen LogP contribution in [0.5, 0.6) is 0 Å². The number of ether oxygens (including phenoxy) is 1. The molecule has 2 unspecified atom stereocenters. The van der Waals surface area contributed by atoms with Crippen molar-refractivity contribution in [1.82, 2.24) is 0 Å². The zero-order valence-corrected chi connectivity index (χ0v) is 13.3. The predicted octanol–water partition coefficient (Wildman–Crippen LogP) is 3.21. The number of unbranched alkanes of at least 4 members (excludes halogenated alkanes) is 1. The van der Waals surface area contributed by atoms with Gasteiger partial charge in [0.05, 0.1) is 0 Å². The first-order chi connectivity index (χ1) is 10.7. The molecule has 4 nitrogen and oxygen atoms in total. The molecule has 0 radical (unpaired) electrons. The number of benzene rings is 1. The minimum Gasteiger partial charge on any atom is -0.470 e. The number of halogens is 1. The molecule has 2 bridgehead atoms. The molecule has 1 aromatic rings. The van der Waals surface area contributed by atoms with Crippen LogP contribution in [0.1, 0.15) is 44.1 Å². The Morgan fingerprint density at radius 1 is 1.36 bits per heavy atom. The van der Waals surface area contributed by atoms with Gasteiger partial charge in [0, 0.05) is 17.0 Å². The van der Waals surface area contributed by atoms with Gasteiger partial charge < -0.3 is 10.5 Å². The lowest BCUT2D eigenvalue weighted by atomic mass is 9.74. The molecule has 0 aromatic heterocycles. The van der Waals surface area contributed by atoms with E-state index in [0.29, 0.717) is 23.9 Å². The molecule has 1 aliphatic carbocycles. The summed E-state index contributed by atoms with van der Waals surface area (Å²) in [7, 11) is 0. The molecule has 0 spiro atoms. The number of hydrogen-bond donors (Lipinski definition) is 1. The molecule has 1 aromatic carbocycles. The fourth-order valence-electron chi connectivity index (χ4n) is 3.35. The van der Waals surface area contributed by atoms with Crippen molar-refractivity contribution >= 4 is 23.3 Å². The van der Waals surface area contributed by atoms with Crippen LogP contribution in [-0.2, 0) is 15.1 Å². The summed E-state index contributed by atoms with van der Waals surface area (Å²) in [6, 6.07) is 7.51. The molecule has 118 valence electrons. The molecule has 1 fully saturated rings. The van der Waals surface area contributed by atoms with Crippen LogP contribution in [0.25, 0.3) is 0 Å². The summed E-state index contributed by atoms with van der Waals surface area (Å²) in [5.74, 6) is 0.729. The number of Topliss-reactive ketones (excluding diaryl/α,β-unsaturated/α-hetero) is 1.